The quantitative estimate of drug-likeness (QED) is 0.648. The van der Waals surface area contributed by atoms with E-state index in [0.717, 1.165) is 5.69 Å². The van der Waals surface area contributed by atoms with Crippen LogP contribution in [0.1, 0.15) is 10.4 Å². The van der Waals surface area contributed by atoms with E-state index in [0.29, 0.717) is 45.2 Å². The minimum atomic E-state index is -3.88. The third-order valence-electron chi connectivity index (χ3n) is 5.64. The Balaban J connectivity index is 1.62. The number of pyridine rings is 1. The number of phenols is 1. The molecule has 10 nitrogen and oxygen atoms in total. The second kappa shape index (κ2) is 9.31. The Hall–Kier alpha value is -2.89. The molecule has 32 heavy (non-hydrogen) atoms. The lowest BCUT2D eigenvalue weighted by molar-refractivity contribution is 0.0599. The van der Waals surface area contributed by atoms with Gasteiger partial charge < -0.3 is 24.4 Å². The number of carbonyl (C=O) groups is 1. The van der Waals surface area contributed by atoms with Gasteiger partial charge in [0.2, 0.25) is 10.0 Å². The Kier molecular flexibility index (Phi) is 6.49. The van der Waals surface area contributed by atoms with Crippen LogP contribution in [0.5, 0.6) is 5.75 Å². The topological polar surface area (TPSA) is 113 Å². The number of esters is 1. The van der Waals surface area contributed by atoms with E-state index in [2.05, 4.69) is 9.88 Å². The van der Waals surface area contributed by atoms with Crippen molar-refractivity contribution < 1.29 is 27.8 Å². The van der Waals surface area contributed by atoms with Crippen LogP contribution in [0, 0.1) is 0 Å². The van der Waals surface area contributed by atoms with Crippen molar-refractivity contribution in [3.05, 3.63) is 42.1 Å². The smallest absolute Gasteiger partial charge is 0.339 e. The molecule has 0 bridgehead atoms. The molecule has 0 spiro atoms. The Morgan fingerprint density at radius 2 is 1.66 bits per heavy atom. The van der Waals surface area contributed by atoms with E-state index in [1.54, 1.807) is 12.1 Å². The molecule has 1 aromatic carbocycles. The Labute approximate surface area is 187 Å². The van der Waals surface area contributed by atoms with E-state index in [-0.39, 0.29) is 29.3 Å². The maximum Gasteiger partial charge on any atom is 0.339 e. The summed E-state index contributed by atoms with van der Waals surface area (Å²) in [5.41, 5.74) is 1.07. The van der Waals surface area contributed by atoms with Crippen molar-refractivity contribution in [1.29, 1.82) is 0 Å². The summed E-state index contributed by atoms with van der Waals surface area (Å²) in [6, 6.07) is 8.33. The average molecular weight is 463 g/mol. The van der Waals surface area contributed by atoms with E-state index in [9.17, 15) is 18.3 Å². The summed E-state index contributed by atoms with van der Waals surface area (Å²) in [7, 11) is -2.63. The Bertz CT molecular complexity index is 1060. The Morgan fingerprint density at radius 1 is 1.03 bits per heavy atom. The first kappa shape index (κ1) is 22.3. The van der Waals surface area contributed by atoms with Gasteiger partial charge in [-0.05, 0) is 30.3 Å². The number of nitrogens with zero attached hydrogens (tertiary/aromatic N) is 4. The number of ether oxygens (including phenoxy) is 2. The number of hydrogen-bond acceptors (Lipinski definition) is 9. The Morgan fingerprint density at radius 3 is 2.28 bits per heavy atom. The molecule has 1 N–H and O–H groups in total. The fourth-order valence-corrected chi connectivity index (χ4v) is 5.46. The summed E-state index contributed by atoms with van der Waals surface area (Å²) in [5.74, 6) is -0.102. The first-order valence-electron chi connectivity index (χ1n) is 10.4. The largest absolute Gasteiger partial charge is 0.508 e. The molecule has 0 saturated carbocycles. The first-order chi connectivity index (χ1) is 15.4. The fourth-order valence-electron chi connectivity index (χ4n) is 3.86. The molecule has 0 amide bonds. The van der Waals surface area contributed by atoms with Gasteiger partial charge in [0.15, 0.2) is 0 Å². The molecular weight excluding hydrogens is 436 g/mol. The second-order valence-corrected chi connectivity index (χ2v) is 9.45. The molecule has 2 fully saturated rings. The summed E-state index contributed by atoms with van der Waals surface area (Å²) >= 11 is 0. The van der Waals surface area contributed by atoms with E-state index in [4.69, 9.17) is 9.47 Å². The molecule has 0 atom stereocenters. The molecule has 2 aliphatic heterocycles. The predicted octanol–water partition coefficient (Wildman–Crippen LogP) is 0.921. The normalized spacial score (nSPS) is 17.9. The van der Waals surface area contributed by atoms with E-state index >= 15 is 0 Å². The molecule has 11 heteroatoms. The van der Waals surface area contributed by atoms with Gasteiger partial charge in [-0.2, -0.15) is 4.31 Å². The van der Waals surface area contributed by atoms with Crippen molar-refractivity contribution >= 4 is 27.5 Å². The standard InChI is InChI=1S/C21H26N4O6S/c1-30-21(27)16-14-19(32(28,29)25-10-12-31-13-11-25)20(22-15-16)24-8-6-23(7-9-24)17-2-4-18(26)5-3-17/h2-5,14-15,26H,6-13H2,1H3. The van der Waals surface area contributed by atoms with E-state index in [1.165, 1.54) is 23.7 Å². The fraction of sp³-hybridized carbons (Fsp3) is 0.429. The van der Waals surface area contributed by atoms with Crippen LogP contribution >= 0.6 is 0 Å². The predicted molar refractivity (Wildman–Crippen MR) is 118 cm³/mol. The number of sulfonamides is 1. The lowest BCUT2D eigenvalue weighted by atomic mass is 10.2. The number of benzene rings is 1. The number of rotatable bonds is 5. The van der Waals surface area contributed by atoms with Gasteiger partial charge in [0, 0.05) is 51.2 Å². The van der Waals surface area contributed by atoms with Crippen molar-refractivity contribution in [2.24, 2.45) is 0 Å². The summed E-state index contributed by atoms with van der Waals surface area (Å²) in [5, 5.41) is 9.50. The summed E-state index contributed by atoms with van der Waals surface area (Å²) in [6.07, 6.45) is 1.35. The molecule has 3 heterocycles. The van der Waals surface area contributed by atoms with Crippen molar-refractivity contribution in [2.45, 2.75) is 4.90 Å². The SMILES string of the molecule is COC(=O)c1cnc(N2CCN(c3ccc(O)cc3)CC2)c(S(=O)(=O)N2CCOCC2)c1. The monoisotopic (exact) mass is 462 g/mol. The van der Waals surface area contributed by atoms with E-state index in [1.807, 2.05) is 17.0 Å². The van der Waals surface area contributed by atoms with Gasteiger partial charge >= 0.3 is 5.97 Å². The van der Waals surface area contributed by atoms with Crippen LogP contribution in [0.2, 0.25) is 0 Å². The lowest BCUT2D eigenvalue weighted by Crippen LogP contribution is -2.48. The zero-order valence-electron chi connectivity index (χ0n) is 17.8. The maximum absolute atomic E-state index is 13.4. The minimum Gasteiger partial charge on any atom is -0.508 e. The van der Waals surface area contributed by atoms with Crippen LogP contribution < -0.4 is 9.80 Å². The third-order valence-corrected chi connectivity index (χ3v) is 7.54. The third kappa shape index (κ3) is 4.50. The molecule has 172 valence electrons. The number of hydrogen-bond donors (Lipinski definition) is 1. The van der Waals surface area contributed by atoms with Crippen LogP contribution in [-0.4, -0.2) is 88.4 Å². The molecule has 2 aliphatic rings. The molecule has 0 unspecified atom stereocenters. The van der Waals surface area contributed by atoms with Gasteiger partial charge in [-0.3, -0.25) is 0 Å². The number of aromatic hydroxyl groups is 1. The number of carbonyl (C=O) groups excluding carboxylic acids is 1. The molecule has 2 aromatic rings. The number of aromatic nitrogens is 1. The number of anilines is 2. The molecule has 0 aliphatic carbocycles. The number of morpholine rings is 1. The van der Waals surface area contributed by atoms with Crippen LogP contribution in [-0.2, 0) is 19.5 Å². The van der Waals surface area contributed by atoms with E-state index < -0.39 is 16.0 Å². The number of phenolic OH excluding ortho intramolecular Hbond substituents is 1. The van der Waals surface area contributed by atoms with Gasteiger partial charge in [-0.25, -0.2) is 18.2 Å². The molecular formula is C21H26N4O6S. The molecule has 2 saturated heterocycles. The molecule has 0 radical (unpaired) electrons. The summed E-state index contributed by atoms with van der Waals surface area (Å²) < 4.78 is 38.3. The number of piperazine rings is 1. The highest BCUT2D eigenvalue weighted by atomic mass is 32.2. The van der Waals surface area contributed by atoms with Crippen LogP contribution in [0.15, 0.2) is 41.4 Å². The highest BCUT2D eigenvalue weighted by molar-refractivity contribution is 7.89. The second-order valence-electron chi connectivity index (χ2n) is 7.54. The van der Waals surface area contributed by atoms with Crippen LogP contribution in [0.4, 0.5) is 11.5 Å². The molecule has 4 rings (SSSR count). The van der Waals surface area contributed by atoms with Gasteiger partial charge in [0.05, 0.1) is 25.9 Å². The van der Waals surface area contributed by atoms with Crippen LogP contribution in [0.3, 0.4) is 0 Å². The van der Waals surface area contributed by atoms with Crippen molar-refractivity contribution in [3.8, 4) is 5.75 Å². The maximum atomic E-state index is 13.4. The first-order valence-corrected chi connectivity index (χ1v) is 11.8. The van der Waals surface area contributed by atoms with Crippen molar-refractivity contribution in [2.75, 3.05) is 69.4 Å². The van der Waals surface area contributed by atoms with Gasteiger partial charge in [-0.15, -0.1) is 0 Å². The van der Waals surface area contributed by atoms with Crippen molar-refractivity contribution in [3.63, 3.8) is 0 Å². The minimum absolute atomic E-state index is 0.000355. The van der Waals surface area contributed by atoms with Gasteiger partial charge in [0.1, 0.15) is 16.5 Å². The lowest BCUT2D eigenvalue weighted by Gasteiger charge is -2.37. The number of methoxy groups -OCH3 is 1. The summed E-state index contributed by atoms with van der Waals surface area (Å²) in [6.45, 7) is 3.56. The average Bonchev–Trinajstić information content (AvgIpc) is 2.84. The van der Waals surface area contributed by atoms with Gasteiger partial charge in [-0.1, -0.05) is 0 Å². The highest BCUT2D eigenvalue weighted by Gasteiger charge is 2.33. The van der Waals surface area contributed by atoms with Gasteiger partial charge in [0.25, 0.3) is 0 Å². The molecule has 1 aromatic heterocycles. The zero-order valence-corrected chi connectivity index (χ0v) is 18.6. The summed E-state index contributed by atoms with van der Waals surface area (Å²) in [4.78, 5) is 20.5. The van der Waals surface area contributed by atoms with Crippen LogP contribution in [0.25, 0.3) is 0 Å². The van der Waals surface area contributed by atoms with Crippen molar-refractivity contribution in [1.82, 2.24) is 9.29 Å². The highest BCUT2D eigenvalue weighted by Crippen LogP contribution is 2.29. The zero-order chi connectivity index (χ0) is 22.7.